The van der Waals surface area contributed by atoms with Crippen LogP contribution in [-0.2, 0) is 11.3 Å². The van der Waals surface area contributed by atoms with Crippen LogP contribution in [0.4, 0.5) is 17.6 Å². The summed E-state index contributed by atoms with van der Waals surface area (Å²) >= 11 is 0. The lowest BCUT2D eigenvalue weighted by atomic mass is 10.00. The van der Waals surface area contributed by atoms with Gasteiger partial charge in [0.05, 0.1) is 6.42 Å². The van der Waals surface area contributed by atoms with Crippen molar-refractivity contribution in [1.29, 1.82) is 0 Å². The number of allylic oxidation sites excluding steroid dienone is 6. The van der Waals surface area contributed by atoms with E-state index in [0.717, 1.165) is 11.6 Å². The van der Waals surface area contributed by atoms with E-state index in [0.29, 0.717) is 30.6 Å². The van der Waals surface area contributed by atoms with Crippen LogP contribution < -0.4 is 10.5 Å². The van der Waals surface area contributed by atoms with Crippen molar-refractivity contribution >= 4 is 11.8 Å². The van der Waals surface area contributed by atoms with Gasteiger partial charge >= 0.3 is 6.18 Å². The van der Waals surface area contributed by atoms with Crippen molar-refractivity contribution in [2.24, 2.45) is 5.73 Å². The third kappa shape index (κ3) is 6.12. The van der Waals surface area contributed by atoms with E-state index in [1.165, 1.54) is 6.20 Å². The topological polar surface area (TPSA) is 85.5 Å². The molecule has 2 amide bonds. The molecule has 2 N–H and O–H groups in total. The Morgan fingerprint density at radius 3 is 2.65 bits per heavy atom. The fourth-order valence-electron chi connectivity index (χ4n) is 3.67. The summed E-state index contributed by atoms with van der Waals surface area (Å²) in [4.78, 5) is 29.9. The summed E-state index contributed by atoms with van der Waals surface area (Å²) in [7, 11) is 0. The first-order valence-electron chi connectivity index (χ1n) is 10.7. The minimum absolute atomic E-state index is 0.000249. The summed E-state index contributed by atoms with van der Waals surface area (Å²) in [6.45, 7) is 4.10. The first-order valence-corrected chi connectivity index (χ1v) is 10.7. The van der Waals surface area contributed by atoms with E-state index in [1.54, 1.807) is 30.0 Å². The SMILES string of the molecule is CC/C(=C\C=C(/C)C(N)=O)CN1Cc2ccnc(OC3=C(F)C=C(CC(F)(F)F)CC3)c2C1=O. The smallest absolute Gasteiger partial charge is 0.392 e. The van der Waals surface area contributed by atoms with Crippen LogP contribution in [0, 0.1) is 0 Å². The van der Waals surface area contributed by atoms with Gasteiger partial charge in [0.2, 0.25) is 11.8 Å². The third-order valence-electron chi connectivity index (χ3n) is 5.59. The van der Waals surface area contributed by atoms with Gasteiger partial charge in [0.25, 0.3) is 5.91 Å². The van der Waals surface area contributed by atoms with Gasteiger partial charge in [0.1, 0.15) is 11.3 Å². The Kier molecular flexibility index (Phi) is 7.58. The van der Waals surface area contributed by atoms with Crippen LogP contribution in [0.15, 0.2) is 58.8 Å². The summed E-state index contributed by atoms with van der Waals surface area (Å²) < 4.78 is 57.8. The fourth-order valence-corrected chi connectivity index (χ4v) is 3.67. The molecule has 0 saturated carbocycles. The van der Waals surface area contributed by atoms with Gasteiger partial charge in [0, 0.05) is 31.3 Å². The van der Waals surface area contributed by atoms with E-state index in [-0.39, 0.29) is 41.5 Å². The fraction of sp³-hybridized carbons (Fsp3) is 0.375. The lowest BCUT2D eigenvalue weighted by Gasteiger charge is -2.19. The van der Waals surface area contributed by atoms with Gasteiger partial charge in [-0.2, -0.15) is 13.2 Å². The predicted molar refractivity (Wildman–Crippen MR) is 117 cm³/mol. The summed E-state index contributed by atoms with van der Waals surface area (Å²) in [6, 6.07) is 1.67. The minimum atomic E-state index is -4.41. The Bertz CT molecular complexity index is 1120. The average molecular weight is 479 g/mol. The number of nitrogens with two attached hydrogens (primary N) is 1. The van der Waals surface area contributed by atoms with Crippen LogP contribution in [0.3, 0.4) is 0 Å². The van der Waals surface area contributed by atoms with Crippen molar-refractivity contribution in [2.75, 3.05) is 6.54 Å². The Labute approximate surface area is 194 Å². The number of pyridine rings is 1. The van der Waals surface area contributed by atoms with E-state index in [4.69, 9.17) is 10.5 Å². The highest BCUT2D eigenvalue weighted by Crippen LogP contribution is 2.36. The van der Waals surface area contributed by atoms with Crippen molar-refractivity contribution in [2.45, 2.75) is 52.3 Å². The van der Waals surface area contributed by atoms with Crippen molar-refractivity contribution < 1.29 is 31.9 Å². The lowest BCUT2D eigenvalue weighted by Crippen LogP contribution is -2.26. The number of primary amides is 1. The number of amides is 2. The maximum absolute atomic E-state index is 14.5. The number of carbonyl (C=O) groups excluding carboxylic acids is 2. The Hall–Kier alpha value is -3.43. The zero-order chi connectivity index (χ0) is 25.0. The van der Waals surface area contributed by atoms with Crippen LogP contribution in [0.5, 0.6) is 5.88 Å². The predicted octanol–water partition coefficient (Wildman–Crippen LogP) is 5.04. The maximum atomic E-state index is 14.5. The first kappa shape index (κ1) is 25.2. The molecular formula is C24H25F4N3O3. The second kappa shape index (κ2) is 10.2. The molecular weight excluding hydrogens is 454 g/mol. The monoisotopic (exact) mass is 479 g/mol. The molecule has 0 bridgehead atoms. The summed E-state index contributed by atoms with van der Waals surface area (Å²) in [6.07, 6.45) is 0.601. The average Bonchev–Trinajstić information content (AvgIpc) is 3.07. The number of alkyl halides is 3. The van der Waals surface area contributed by atoms with Gasteiger partial charge in [-0.15, -0.1) is 0 Å². The molecule has 0 aromatic carbocycles. The van der Waals surface area contributed by atoms with Gasteiger partial charge in [-0.05, 0) is 37.5 Å². The highest BCUT2D eigenvalue weighted by atomic mass is 19.4. The number of ether oxygens (including phenoxy) is 1. The van der Waals surface area contributed by atoms with Gasteiger partial charge in [-0.3, -0.25) is 9.59 Å². The zero-order valence-corrected chi connectivity index (χ0v) is 18.8. The normalized spacial score (nSPS) is 17.2. The van der Waals surface area contributed by atoms with Gasteiger partial charge in [0.15, 0.2) is 5.83 Å². The number of nitrogens with zero attached hydrogens (tertiary/aromatic N) is 2. The molecule has 1 aliphatic carbocycles. The molecule has 3 rings (SSSR count). The largest absolute Gasteiger partial charge is 0.440 e. The number of fused-ring (bicyclic) bond motifs is 1. The quantitative estimate of drug-likeness (QED) is 0.322. The van der Waals surface area contributed by atoms with E-state index in [2.05, 4.69) is 4.98 Å². The number of carbonyl (C=O) groups is 2. The summed E-state index contributed by atoms with van der Waals surface area (Å²) in [5.74, 6) is -2.01. The minimum Gasteiger partial charge on any atom is -0.440 e. The van der Waals surface area contributed by atoms with Crippen molar-refractivity contribution in [1.82, 2.24) is 9.88 Å². The Morgan fingerprint density at radius 1 is 1.29 bits per heavy atom. The standard InChI is InChI=1S/C24H25F4N3O3/c1-3-15(5-4-14(2)21(29)32)12-31-13-17-8-9-30-22(20(17)23(31)33)34-19-7-6-16(10-18(19)25)11-24(26,27)28/h4-5,8-10H,3,6-7,11-13H2,1-2H3,(H2,29,32)/b14-4+,15-5+. The van der Waals surface area contributed by atoms with Gasteiger partial charge in [-0.25, -0.2) is 9.37 Å². The highest BCUT2D eigenvalue weighted by Gasteiger charge is 2.34. The molecule has 182 valence electrons. The molecule has 0 atom stereocenters. The molecule has 2 aliphatic rings. The molecule has 2 heterocycles. The van der Waals surface area contributed by atoms with Crippen molar-refractivity contribution in [3.05, 3.63) is 69.9 Å². The zero-order valence-electron chi connectivity index (χ0n) is 18.8. The molecule has 0 saturated heterocycles. The molecule has 1 aliphatic heterocycles. The molecule has 1 aromatic heterocycles. The molecule has 34 heavy (non-hydrogen) atoms. The number of aromatic nitrogens is 1. The molecule has 0 unspecified atom stereocenters. The molecule has 0 fully saturated rings. The number of halogens is 4. The van der Waals surface area contributed by atoms with E-state index >= 15 is 0 Å². The maximum Gasteiger partial charge on any atom is 0.392 e. The third-order valence-corrected chi connectivity index (χ3v) is 5.59. The molecule has 1 aromatic rings. The highest BCUT2D eigenvalue weighted by molar-refractivity contribution is 6.00. The van der Waals surface area contributed by atoms with Gasteiger partial charge < -0.3 is 15.4 Å². The van der Waals surface area contributed by atoms with Crippen LogP contribution >= 0.6 is 0 Å². The molecule has 6 nitrogen and oxygen atoms in total. The van der Waals surface area contributed by atoms with Crippen LogP contribution in [0.25, 0.3) is 0 Å². The van der Waals surface area contributed by atoms with Crippen LogP contribution in [0.1, 0.15) is 55.5 Å². The second-order valence-corrected chi connectivity index (χ2v) is 8.17. The van der Waals surface area contributed by atoms with Crippen LogP contribution in [0.2, 0.25) is 0 Å². The van der Waals surface area contributed by atoms with E-state index in [1.807, 2.05) is 6.92 Å². The van der Waals surface area contributed by atoms with Crippen LogP contribution in [-0.4, -0.2) is 34.4 Å². The second-order valence-electron chi connectivity index (χ2n) is 8.17. The first-order chi connectivity index (χ1) is 16.0. The Balaban J connectivity index is 1.79. The Morgan fingerprint density at radius 2 is 2.03 bits per heavy atom. The number of hydrogen-bond donors (Lipinski definition) is 1. The molecule has 0 spiro atoms. The van der Waals surface area contributed by atoms with E-state index in [9.17, 15) is 27.2 Å². The van der Waals surface area contributed by atoms with E-state index < -0.39 is 24.3 Å². The lowest BCUT2D eigenvalue weighted by molar-refractivity contribution is -0.127. The summed E-state index contributed by atoms with van der Waals surface area (Å²) in [5.41, 5.74) is 7.30. The number of rotatable bonds is 8. The van der Waals surface area contributed by atoms with Crippen molar-refractivity contribution in [3.63, 3.8) is 0 Å². The number of hydrogen-bond acceptors (Lipinski definition) is 4. The molecule has 10 heteroatoms. The van der Waals surface area contributed by atoms with Gasteiger partial charge in [-0.1, -0.05) is 30.2 Å². The van der Waals surface area contributed by atoms with Crippen molar-refractivity contribution in [3.8, 4) is 5.88 Å². The summed E-state index contributed by atoms with van der Waals surface area (Å²) in [5, 5.41) is 0. The molecule has 0 radical (unpaired) electrons.